The van der Waals surface area contributed by atoms with Gasteiger partial charge in [0.2, 0.25) is 5.88 Å². The average Bonchev–Trinajstić information content (AvgIpc) is 3.62. The van der Waals surface area contributed by atoms with Gasteiger partial charge < -0.3 is 37.2 Å². The maximum atomic E-state index is 14.3. The van der Waals surface area contributed by atoms with Crippen molar-refractivity contribution in [1.82, 2.24) is 14.2 Å². The Morgan fingerprint density at radius 2 is 1.37 bits per heavy atom. The summed E-state index contributed by atoms with van der Waals surface area (Å²) in [7, 11) is -1.25. The maximum Gasteiger partial charge on any atom is 0.353 e. The van der Waals surface area contributed by atoms with Gasteiger partial charge in [-0.1, -0.05) is 87.0 Å². The summed E-state index contributed by atoms with van der Waals surface area (Å²) in [5.74, 6) is 1.95. The van der Waals surface area contributed by atoms with Crippen LogP contribution in [0.4, 0.5) is 0 Å². The molecule has 358 valence electrons. The van der Waals surface area contributed by atoms with Gasteiger partial charge in [-0.05, 0) is 111 Å². The summed E-state index contributed by atoms with van der Waals surface area (Å²) in [4.78, 5) is 18.7. The molecule has 1 unspecified atom stereocenters. The largest absolute Gasteiger partial charge is 0.497 e. The molecule has 4 aromatic carbocycles. The second-order valence-corrected chi connectivity index (χ2v) is 25.0. The van der Waals surface area contributed by atoms with Crippen LogP contribution in [0.3, 0.4) is 0 Å². The van der Waals surface area contributed by atoms with Crippen molar-refractivity contribution in [2.45, 2.75) is 115 Å². The molecule has 1 saturated heterocycles. The number of methoxy groups -OCH3 is 2. The molecule has 0 saturated carbocycles. The zero-order valence-corrected chi connectivity index (χ0v) is 43.0. The van der Waals surface area contributed by atoms with E-state index >= 15 is 0 Å². The quantitative estimate of drug-likeness (QED) is 0.0300. The molecule has 5 atom stereocenters. The van der Waals surface area contributed by atoms with Gasteiger partial charge in [0.1, 0.15) is 41.2 Å². The SMILES string of the molecule is COc1ccc(C(OC[C@H]2O[C@@H](n3ccc(Oc4ccc(Cl)cc4)nc3=O)[C@H](O[Si](C)(C)C(C)(C)C)[C@H]2OP(OCCC#N)N(C(C)C)C(C)C)(c2ccccc2)c2ccc(OC)cc2)cc1. The van der Waals surface area contributed by atoms with Crippen molar-refractivity contribution in [3.8, 4) is 29.2 Å². The highest BCUT2D eigenvalue weighted by Gasteiger charge is 2.54. The minimum Gasteiger partial charge on any atom is -0.497 e. The van der Waals surface area contributed by atoms with Gasteiger partial charge in [0.15, 0.2) is 14.5 Å². The van der Waals surface area contributed by atoms with Crippen molar-refractivity contribution >= 4 is 28.4 Å². The van der Waals surface area contributed by atoms with Crippen molar-refractivity contribution < 1.29 is 37.2 Å². The van der Waals surface area contributed by atoms with E-state index in [4.69, 9.17) is 48.8 Å². The van der Waals surface area contributed by atoms with E-state index in [2.05, 4.69) is 77.3 Å². The fourth-order valence-electron chi connectivity index (χ4n) is 7.79. The summed E-state index contributed by atoms with van der Waals surface area (Å²) in [6, 6.07) is 36.3. The molecular formula is C51H64ClN4O9PSi. The molecule has 13 nitrogen and oxygen atoms in total. The van der Waals surface area contributed by atoms with E-state index in [-0.39, 0.29) is 42.6 Å². The van der Waals surface area contributed by atoms with Gasteiger partial charge in [-0.2, -0.15) is 10.2 Å². The first-order chi connectivity index (χ1) is 31.9. The second kappa shape index (κ2) is 22.6. The lowest BCUT2D eigenvalue weighted by Crippen LogP contribution is -2.50. The van der Waals surface area contributed by atoms with Crippen molar-refractivity contribution in [2.24, 2.45) is 0 Å². The average molecular weight is 972 g/mol. The van der Waals surface area contributed by atoms with Crippen LogP contribution in [-0.4, -0.2) is 80.4 Å². The van der Waals surface area contributed by atoms with E-state index in [0.717, 1.165) is 16.7 Å². The third-order valence-electron chi connectivity index (χ3n) is 12.1. The summed E-state index contributed by atoms with van der Waals surface area (Å²) in [6.45, 7) is 19.2. The van der Waals surface area contributed by atoms with Crippen LogP contribution in [0.1, 0.15) is 77.8 Å². The predicted octanol–water partition coefficient (Wildman–Crippen LogP) is 11.7. The number of hydrogen-bond donors (Lipinski definition) is 0. The smallest absolute Gasteiger partial charge is 0.353 e. The summed E-state index contributed by atoms with van der Waals surface area (Å²) in [5, 5.41) is 9.90. The van der Waals surface area contributed by atoms with Crippen LogP contribution < -0.4 is 19.9 Å². The Kier molecular flexibility index (Phi) is 17.5. The molecule has 0 radical (unpaired) electrons. The molecule has 0 aliphatic carbocycles. The standard InChI is InChI=1S/C51H64ClN4O9PSi/c1-35(2)56(36(3)4)66(61-33-15-31-53)64-46-44(34-60-51(37-16-13-12-14-17-37,38-18-24-41(58-8)25-19-38)39-20-26-42(59-9)27-21-39)63-48(47(46)65-67(10,11)50(5,6)7)55-32-30-45(54-49(55)57)62-43-28-22-40(52)23-29-43/h12-14,16-30,32,35-36,44,46-48H,15,33-34H2,1-11H3/t44-,46+,47-,48-,66?/m1/s1. The first-order valence-corrected chi connectivity index (χ1v) is 26.9. The number of hydrogen-bond acceptors (Lipinski definition) is 12. The van der Waals surface area contributed by atoms with Gasteiger partial charge >= 0.3 is 5.69 Å². The highest BCUT2D eigenvalue weighted by atomic mass is 35.5. The van der Waals surface area contributed by atoms with Crippen molar-refractivity contribution in [1.29, 1.82) is 5.26 Å². The minimum atomic E-state index is -2.67. The number of nitriles is 1. The molecule has 1 aliphatic heterocycles. The van der Waals surface area contributed by atoms with E-state index in [1.165, 1.54) is 4.57 Å². The number of ether oxygens (including phenoxy) is 5. The molecule has 6 rings (SSSR count). The topological polar surface area (TPSA) is 136 Å². The van der Waals surface area contributed by atoms with Crippen molar-refractivity contribution in [3.63, 3.8) is 0 Å². The normalized spacial score (nSPS) is 18.3. The summed E-state index contributed by atoms with van der Waals surface area (Å²) in [6.07, 6.45) is -1.85. The fraction of sp³-hybridized carbons (Fsp3) is 0.431. The molecule has 5 aromatic rings. The number of aromatic nitrogens is 2. The molecule has 0 N–H and O–H groups in total. The molecule has 67 heavy (non-hydrogen) atoms. The zero-order chi connectivity index (χ0) is 48.5. The molecule has 1 aromatic heterocycles. The highest BCUT2D eigenvalue weighted by Crippen LogP contribution is 2.52. The Bertz CT molecular complexity index is 2390. The summed E-state index contributed by atoms with van der Waals surface area (Å²) < 4.78 is 56.7. The van der Waals surface area contributed by atoms with Gasteiger partial charge in [0.25, 0.3) is 8.53 Å². The van der Waals surface area contributed by atoms with Crippen LogP contribution >= 0.6 is 20.1 Å². The van der Waals surface area contributed by atoms with Gasteiger partial charge in [0.05, 0.1) is 39.9 Å². The molecule has 0 spiro atoms. The third-order valence-corrected chi connectivity index (χ3v) is 19.0. The van der Waals surface area contributed by atoms with Crippen LogP contribution in [0, 0.1) is 11.3 Å². The minimum absolute atomic E-state index is 0.00310. The number of rotatable bonds is 21. The lowest BCUT2D eigenvalue weighted by Gasteiger charge is -2.42. The third kappa shape index (κ3) is 12.2. The van der Waals surface area contributed by atoms with Gasteiger partial charge in [0, 0.05) is 29.4 Å². The van der Waals surface area contributed by atoms with E-state index in [1.807, 2.05) is 78.9 Å². The first-order valence-electron chi connectivity index (χ1n) is 22.5. The Balaban J connectivity index is 1.53. The van der Waals surface area contributed by atoms with E-state index in [9.17, 15) is 10.1 Å². The Morgan fingerprint density at radius 3 is 1.88 bits per heavy atom. The molecule has 1 aliphatic rings. The van der Waals surface area contributed by atoms with Gasteiger partial charge in [-0.25, -0.2) is 9.46 Å². The number of nitrogens with zero attached hydrogens (tertiary/aromatic N) is 4. The van der Waals surface area contributed by atoms with Crippen molar-refractivity contribution in [3.05, 3.63) is 148 Å². The molecule has 1 fully saturated rings. The zero-order valence-electron chi connectivity index (χ0n) is 40.3. The van der Waals surface area contributed by atoms with E-state index in [1.54, 1.807) is 50.7 Å². The van der Waals surface area contributed by atoms with Crippen LogP contribution in [0.25, 0.3) is 0 Å². The van der Waals surface area contributed by atoms with E-state index < -0.39 is 52.7 Å². The Hall–Kier alpha value is -4.65. The highest BCUT2D eigenvalue weighted by molar-refractivity contribution is 7.44. The Morgan fingerprint density at radius 1 is 0.821 bits per heavy atom. The van der Waals surface area contributed by atoms with Gasteiger partial charge in [-0.15, -0.1) is 0 Å². The molecule has 0 amide bonds. The molecular weight excluding hydrogens is 907 g/mol. The molecule has 0 bridgehead atoms. The first kappa shape index (κ1) is 51.7. The second-order valence-electron chi connectivity index (χ2n) is 18.4. The van der Waals surface area contributed by atoms with Crippen molar-refractivity contribution in [2.75, 3.05) is 27.4 Å². The summed E-state index contributed by atoms with van der Waals surface area (Å²) in [5.41, 5.74) is 0.687. The number of benzene rings is 4. The van der Waals surface area contributed by atoms with Crippen LogP contribution in [0.2, 0.25) is 23.2 Å². The van der Waals surface area contributed by atoms with Crippen LogP contribution in [0.15, 0.2) is 120 Å². The lowest BCUT2D eigenvalue weighted by molar-refractivity contribution is -0.0943. The van der Waals surface area contributed by atoms with Crippen LogP contribution in [0.5, 0.6) is 23.1 Å². The predicted molar refractivity (Wildman–Crippen MR) is 264 cm³/mol. The lowest BCUT2D eigenvalue weighted by atomic mass is 9.80. The monoisotopic (exact) mass is 970 g/mol. The summed E-state index contributed by atoms with van der Waals surface area (Å²) >= 11 is 6.12. The maximum absolute atomic E-state index is 14.3. The van der Waals surface area contributed by atoms with Crippen LogP contribution in [-0.2, 0) is 28.5 Å². The molecule has 16 heteroatoms. The van der Waals surface area contributed by atoms with E-state index in [0.29, 0.717) is 22.3 Å². The number of halogens is 1. The van der Waals surface area contributed by atoms with Gasteiger partial charge in [-0.3, -0.25) is 4.57 Å². The fourth-order valence-corrected chi connectivity index (χ4v) is 11.0. The Labute approximate surface area is 402 Å². The molecule has 2 heterocycles.